The van der Waals surface area contributed by atoms with Gasteiger partial charge in [-0.2, -0.15) is 0 Å². The van der Waals surface area contributed by atoms with E-state index < -0.39 is 0 Å². The number of carbonyl (C=O) groups is 2. The molecule has 1 aliphatic rings. The van der Waals surface area contributed by atoms with Crippen LogP contribution < -0.4 is 16.4 Å². The summed E-state index contributed by atoms with van der Waals surface area (Å²) in [4.78, 5) is 30.1. The van der Waals surface area contributed by atoms with E-state index in [-0.39, 0.29) is 11.9 Å². The number of morpholine rings is 1. The molecular weight excluding hydrogens is 490 g/mol. The third kappa shape index (κ3) is 9.12. The van der Waals surface area contributed by atoms with Crippen molar-refractivity contribution in [2.75, 3.05) is 57.0 Å². The highest BCUT2D eigenvalue weighted by Gasteiger charge is 2.15. The van der Waals surface area contributed by atoms with Gasteiger partial charge in [-0.15, -0.1) is 0 Å². The maximum atomic E-state index is 13.2. The minimum atomic E-state index is -0.228. The Labute approximate surface area is 231 Å². The lowest BCUT2D eigenvalue weighted by Gasteiger charge is -2.28. The van der Waals surface area contributed by atoms with Crippen molar-refractivity contribution in [3.8, 4) is 0 Å². The molecule has 206 valence electrons. The number of hydrogen-bond acceptors (Lipinski definition) is 5. The van der Waals surface area contributed by atoms with E-state index in [0.717, 1.165) is 57.7 Å². The van der Waals surface area contributed by atoms with Gasteiger partial charge in [-0.25, -0.2) is 4.79 Å². The second kappa shape index (κ2) is 14.9. The summed E-state index contributed by atoms with van der Waals surface area (Å²) in [5.74, 6) is -0.228. The molecule has 3 aromatic rings. The molecule has 1 heterocycles. The minimum absolute atomic E-state index is 0.0635. The third-order valence-corrected chi connectivity index (χ3v) is 6.90. The van der Waals surface area contributed by atoms with E-state index in [1.54, 1.807) is 24.3 Å². The van der Waals surface area contributed by atoms with Crippen LogP contribution in [0.1, 0.15) is 34.3 Å². The molecule has 1 saturated heterocycles. The molecule has 1 fully saturated rings. The largest absolute Gasteiger partial charge is 0.397 e. The van der Waals surface area contributed by atoms with Crippen molar-refractivity contribution >= 4 is 23.3 Å². The van der Waals surface area contributed by atoms with Crippen LogP contribution in [0.15, 0.2) is 78.9 Å². The second-order valence-electron chi connectivity index (χ2n) is 9.78. The maximum Gasteiger partial charge on any atom is 0.317 e. The molecule has 1 aliphatic heterocycles. The van der Waals surface area contributed by atoms with Crippen LogP contribution in [0.2, 0.25) is 0 Å². The van der Waals surface area contributed by atoms with Gasteiger partial charge >= 0.3 is 6.03 Å². The Kier molecular flexibility index (Phi) is 10.7. The zero-order valence-electron chi connectivity index (χ0n) is 22.5. The highest BCUT2D eigenvalue weighted by Crippen LogP contribution is 2.18. The molecule has 0 aliphatic carbocycles. The van der Waals surface area contributed by atoms with Crippen LogP contribution in [0.25, 0.3) is 0 Å². The van der Waals surface area contributed by atoms with Gasteiger partial charge < -0.3 is 26.0 Å². The molecule has 3 aromatic carbocycles. The van der Waals surface area contributed by atoms with Crippen LogP contribution >= 0.6 is 0 Å². The smallest absolute Gasteiger partial charge is 0.317 e. The van der Waals surface area contributed by atoms with Gasteiger partial charge in [0.1, 0.15) is 0 Å². The Morgan fingerprint density at radius 1 is 0.846 bits per heavy atom. The standard InChI is InChI=1S/C31H39N5O3/c32-28-11-4-5-12-29(28)34-30(37)27-15-13-26(14-16-27)24-33-31(38)36(18-6-10-25-8-2-1-3-9-25)19-7-17-35-20-22-39-23-21-35/h1-5,8-9,11-16H,6-7,10,17-24,32H2,(H,33,38)(H,34,37). The van der Waals surface area contributed by atoms with Crippen LogP contribution in [-0.2, 0) is 17.7 Å². The highest BCUT2D eigenvalue weighted by molar-refractivity contribution is 6.05. The molecule has 0 atom stereocenters. The first-order valence-electron chi connectivity index (χ1n) is 13.7. The SMILES string of the molecule is Nc1ccccc1NC(=O)c1ccc(CNC(=O)N(CCCc2ccccc2)CCCN2CCOCC2)cc1. The van der Waals surface area contributed by atoms with Crippen LogP contribution in [0.3, 0.4) is 0 Å². The number of aryl methyl sites for hydroxylation is 1. The number of hydrogen-bond donors (Lipinski definition) is 3. The van der Waals surface area contributed by atoms with Crippen molar-refractivity contribution in [2.45, 2.75) is 25.8 Å². The van der Waals surface area contributed by atoms with Gasteiger partial charge in [0.25, 0.3) is 5.91 Å². The van der Waals surface area contributed by atoms with Crippen molar-refractivity contribution in [2.24, 2.45) is 0 Å². The van der Waals surface area contributed by atoms with E-state index in [1.165, 1.54) is 5.56 Å². The number of urea groups is 1. The number of benzene rings is 3. The van der Waals surface area contributed by atoms with Crippen molar-refractivity contribution in [3.05, 3.63) is 95.6 Å². The van der Waals surface area contributed by atoms with Gasteiger partial charge in [0.05, 0.1) is 24.6 Å². The van der Waals surface area contributed by atoms with Crippen LogP contribution in [0, 0.1) is 0 Å². The fourth-order valence-electron chi connectivity index (χ4n) is 4.61. The van der Waals surface area contributed by atoms with Crippen LogP contribution in [-0.4, -0.2) is 67.7 Å². The maximum absolute atomic E-state index is 13.2. The third-order valence-electron chi connectivity index (χ3n) is 6.90. The molecule has 4 rings (SSSR count). The van der Waals surface area contributed by atoms with Crippen molar-refractivity contribution in [3.63, 3.8) is 0 Å². The number of nitrogens with zero attached hydrogens (tertiary/aromatic N) is 2. The average Bonchev–Trinajstić information content (AvgIpc) is 2.97. The Morgan fingerprint density at radius 3 is 2.28 bits per heavy atom. The molecule has 0 saturated carbocycles. The molecule has 8 nitrogen and oxygen atoms in total. The summed E-state index contributed by atoms with van der Waals surface area (Å²) in [5.41, 5.74) is 9.76. The highest BCUT2D eigenvalue weighted by atomic mass is 16.5. The first-order chi connectivity index (χ1) is 19.1. The summed E-state index contributed by atoms with van der Waals surface area (Å²) in [6.07, 6.45) is 2.77. The lowest BCUT2D eigenvalue weighted by molar-refractivity contribution is 0.0365. The number of carbonyl (C=O) groups excluding carboxylic acids is 2. The zero-order chi connectivity index (χ0) is 27.3. The number of ether oxygens (including phenoxy) is 1. The van der Waals surface area contributed by atoms with Gasteiger partial charge in [-0.1, -0.05) is 54.6 Å². The van der Waals surface area contributed by atoms with Gasteiger partial charge in [0.2, 0.25) is 0 Å². The Bertz CT molecular complexity index is 1180. The van der Waals surface area contributed by atoms with Crippen LogP contribution in [0.5, 0.6) is 0 Å². The zero-order valence-corrected chi connectivity index (χ0v) is 22.5. The van der Waals surface area contributed by atoms with Crippen molar-refractivity contribution < 1.29 is 14.3 Å². The first-order valence-corrected chi connectivity index (χ1v) is 13.7. The summed E-state index contributed by atoms with van der Waals surface area (Å²) in [6.45, 7) is 6.23. The quantitative estimate of drug-likeness (QED) is 0.302. The summed E-state index contributed by atoms with van der Waals surface area (Å²) >= 11 is 0. The van der Waals surface area contributed by atoms with E-state index >= 15 is 0 Å². The predicted octanol–water partition coefficient (Wildman–Crippen LogP) is 4.39. The van der Waals surface area contributed by atoms with E-state index in [2.05, 4.69) is 27.7 Å². The molecular formula is C31H39N5O3. The Balaban J connectivity index is 1.28. The van der Waals surface area contributed by atoms with Gasteiger partial charge in [-0.3, -0.25) is 9.69 Å². The summed E-state index contributed by atoms with van der Waals surface area (Å²) < 4.78 is 5.44. The fourth-order valence-corrected chi connectivity index (χ4v) is 4.61. The van der Waals surface area contributed by atoms with Crippen molar-refractivity contribution in [1.29, 1.82) is 0 Å². The minimum Gasteiger partial charge on any atom is -0.397 e. The molecule has 0 radical (unpaired) electrons. The van der Waals surface area contributed by atoms with E-state index in [0.29, 0.717) is 36.6 Å². The lowest BCUT2D eigenvalue weighted by atomic mass is 10.1. The Hall–Kier alpha value is -3.88. The van der Waals surface area contributed by atoms with Gasteiger partial charge in [-0.05, 0) is 54.7 Å². The summed E-state index contributed by atoms with van der Waals surface area (Å²) in [7, 11) is 0. The first kappa shape index (κ1) is 28.1. The number of rotatable bonds is 12. The molecule has 3 amide bonds. The monoisotopic (exact) mass is 529 g/mol. The van der Waals surface area contributed by atoms with E-state index in [1.807, 2.05) is 47.4 Å². The van der Waals surface area contributed by atoms with E-state index in [4.69, 9.17) is 10.5 Å². The normalized spacial score (nSPS) is 13.5. The van der Waals surface area contributed by atoms with Gasteiger partial charge in [0, 0.05) is 44.8 Å². The second-order valence-corrected chi connectivity index (χ2v) is 9.78. The fraction of sp³-hybridized carbons (Fsp3) is 0.355. The number of nitrogens with one attached hydrogen (secondary N) is 2. The molecule has 39 heavy (non-hydrogen) atoms. The van der Waals surface area contributed by atoms with E-state index in [9.17, 15) is 9.59 Å². The molecule has 0 spiro atoms. The molecule has 8 heteroatoms. The van der Waals surface area contributed by atoms with Crippen molar-refractivity contribution in [1.82, 2.24) is 15.1 Å². The number of anilines is 2. The lowest BCUT2D eigenvalue weighted by Crippen LogP contribution is -2.43. The number of amides is 3. The number of nitrogens with two attached hydrogens (primary N) is 1. The number of para-hydroxylation sites is 2. The van der Waals surface area contributed by atoms with Crippen LogP contribution in [0.4, 0.5) is 16.2 Å². The number of nitrogen functional groups attached to an aromatic ring is 1. The Morgan fingerprint density at radius 2 is 1.54 bits per heavy atom. The summed E-state index contributed by atoms with van der Waals surface area (Å²) in [5, 5.41) is 5.90. The molecule has 0 aromatic heterocycles. The predicted molar refractivity (Wildman–Crippen MR) is 156 cm³/mol. The summed E-state index contributed by atoms with van der Waals surface area (Å²) in [6, 6.07) is 24.7. The molecule has 4 N–H and O–H groups in total. The van der Waals surface area contributed by atoms with Gasteiger partial charge in [0.15, 0.2) is 0 Å². The topological polar surface area (TPSA) is 99.9 Å². The average molecular weight is 530 g/mol. The molecule has 0 bridgehead atoms. The molecule has 0 unspecified atom stereocenters.